The third-order valence-corrected chi connectivity index (χ3v) is 12.9. The molecule has 53 heavy (non-hydrogen) atoms. The number of likely N-dealkylation sites (N-methyl/N-ethyl adjacent to an activating group) is 1. The molecule has 0 aromatic heterocycles. The summed E-state index contributed by atoms with van der Waals surface area (Å²) in [5.41, 5.74) is 6.31. The highest BCUT2D eigenvalue weighted by Gasteiger charge is 2.50. The second-order valence-electron chi connectivity index (χ2n) is 16.9. The lowest BCUT2D eigenvalue weighted by Crippen LogP contribution is -2.60. The van der Waals surface area contributed by atoms with Gasteiger partial charge in [-0.1, -0.05) is 153 Å². The molecule has 0 bridgehead atoms. The van der Waals surface area contributed by atoms with E-state index in [9.17, 15) is 9.59 Å². The van der Waals surface area contributed by atoms with Gasteiger partial charge in [0.1, 0.15) is 0 Å². The minimum absolute atomic E-state index is 0.0482. The Morgan fingerprint density at radius 2 is 1.36 bits per heavy atom. The van der Waals surface area contributed by atoms with E-state index in [4.69, 9.17) is 4.74 Å². The molecule has 0 aliphatic carbocycles. The highest BCUT2D eigenvalue weighted by Crippen LogP contribution is 2.51. The number of esters is 1. The quantitative estimate of drug-likeness (QED) is 0.0418. The van der Waals surface area contributed by atoms with E-state index in [1.165, 1.54) is 119 Å². The summed E-state index contributed by atoms with van der Waals surface area (Å²) in [5.74, 6) is 0.590. The Labute approximate surface area is 323 Å². The number of para-hydroxylation sites is 1. The maximum atomic E-state index is 13.2. The van der Waals surface area contributed by atoms with Gasteiger partial charge in [-0.15, -0.1) is 0 Å². The second-order valence-corrected chi connectivity index (χ2v) is 16.9. The summed E-state index contributed by atoms with van der Waals surface area (Å²) in [6, 6.07) is 15.5. The van der Waals surface area contributed by atoms with Crippen LogP contribution in [0.25, 0.3) is 0 Å². The van der Waals surface area contributed by atoms with Crippen LogP contribution in [0.2, 0.25) is 0 Å². The zero-order valence-corrected chi connectivity index (χ0v) is 34.1. The fraction of sp³-hybridized carbons (Fsp3) is 0.702. The van der Waals surface area contributed by atoms with Crippen LogP contribution >= 0.6 is 0 Å². The Balaban J connectivity index is 1.03. The average Bonchev–Trinajstić information content (AvgIpc) is 3.50. The van der Waals surface area contributed by atoms with E-state index in [0.717, 1.165) is 74.9 Å². The molecule has 3 atom stereocenters. The summed E-state index contributed by atoms with van der Waals surface area (Å²) in [6.07, 6.45) is 26.7. The monoisotopic (exact) mass is 729 g/mol. The molecule has 3 aliphatic heterocycles. The summed E-state index contributed by atoms with van der Waals surface area (Å²) >= 11 is 0. The summed E-state index contributed by atoms with van der Waals surface area (Å²) < 4.78 is 6.92. The zero-order chi connectivity index (χ0) is 37.3. The van der Waals surface area contributed by atoms with Gasteiger partial charge in [0.05, 0.1) is 36.9 Å². The molecule has 2 aromatic carbocycles. The predicted octanol–water partition coefficient (Wildman–Crippen LogP) is 11.4. The molecular weight excluding hydrogens is 655 g/mol. The number of benzene rings is 2. The van der Waals surface area contributed by atoms with Crippen molar-refractivity contribution in [3.8, 4) is 0 Å². The lowest BCUT2D eigenvalue weighted by Gasteiger charge is -2.47. The van der Waals surface area contributed by atoms with Crippen LogP contribution in [0.4, 0.5) is 11.4 Å². The molecule has 1 unspecified atom stereocenters. The number of Topliss-reactive ketones (excluding diaryl/α,β-unsaturated/α-hetero) is 1. The number of hydrogen-bond acceptors (Lipinski definition) is 5. The molecule has 3 aliphatic rings. The van der Waals surface area contributed by atoms with Gasteiger partial charge in [-0.25, -0.2) is 0 Å². The standard InChI is InChI=1S/C47H74N3O3/c1-4-6-7-8-9-10-11-12-13-14-15-16-17-18-19-20-21-27-46(52)53-38-50(35-23-26-45(51)40-30-28-39(5-2)29-31-40)36-32-43-42(37-50)41-24-22-25-44-47(41)49(43)34-33-48(44)3/h22,24-25,28-31,42-43H,4-21,23,26-27,32-38H2,1-3H3/q+1/t42-,43-,50?/m0/s1. The van der Waals surface area contributed by atoms with E-state index < -0.39 is 0 Å². The first-order valence-corrected chi connectivity index (χ1v) is 22.2. The van der Waals surface area contributed by atoms with E-state index in [2.05, 4.69) is 61.0 Å². The van der Waals surface area contributed by atoms with Crippen LogP contribution in [0.15, 0.2) is 42.5 Å². The van der Waals surface area contributed by atoms with E-state index in [0.29, 0.717) is 31.5 Å². The largest absolute Gasteiger partial charge is 0.415 e. The SMILES string of the molecule is CCCCCCCCCCCCCCCCCCCC(=O)OC[N+]1(CCCC(=O)c2ccc(CC)cc2)CC[C@H]2[C@@H](C1)c1cccc3c1N2CCN3C. The number of quaternary nitrogens is 1. The molecule has 0 N–H and O–H groups in total. The number of anilines is 2. The van der Waals surface area contributed by atoms with Crippen molar-refractivity contribution in [1.82, 2.24) is 0 Å². The smallest absolute Gasteiger partial charge is 0.310 e. The molecule has 0 amide bonds. The highest BCUT2D eigenvalue weighted by molar-refractivity contribution is 5.96. The number of unbranched alkanes of at least 4 members (excludes halogenated alkanes) is 16. The third kappa shape index (κ3) is 12.1. The number of piperidine rings is 1. The molecule has 5 rings (SSSR count). The number of hydrogen-bond donors (Lipinski definition) is 0. The van der Waals surface area contributed by atoms with Gasteiger partial charge in [-0.05, 0) is 30.0 Å². The summed E-state index contributed by atoms with van der Waals surface area (Å²) in [6.45, 7) is 9.80. The molecule has 6 heteroatoms. The van der Waals surface area contributed by atoms with Gasteiger partial charge >= 0.3 is 5.97 Å². The Morgan fingerprint density at radius 3 is 1.98 bits per heavy atom. The number of ketones is 1. The number of aryl methyl sites for hydroxylation is 1. The molecule has 1 saturated heterocycles. The van der Waals surface area contributed by atoms with Crippen LogP contribution in [0.5, 0.6) is 0 Å². The summed E-state index contributed by atoms with van der Waals surface area (Å²) in [4.78, 5) is 31.4. The van der Waals surface area contributed by atoms with E-state index in [-0.39, 0.29) is 11.8 Å². The number of rotatable bonds is 26. The number of nitrogens with zero attached hydrogens (tertiary/aromatic N) is 3. The van der Waals surface area contributed by atoms with E-state index in [1.807, 2.05) is 12.1 Å². The fourth-order valence-electron chi connectivity index (χ4n) is 9.51. The predicted molar refractivity (Wildman–Crippen MR) is 222 cm³/mol. The second kappa shape index (κ2) is 21.9. The van der Waals surface area contributed by atoms with E-state index >= 15 is 0 Å². The number of likely N-dealkylation sites (tertiary alicyclic amines) is 1. The summed E-state index contributed by atoms with van der Waals surface area (Å²) in [5, 5.41) is 0. The Hall–Kier alpha value is -2.86. The van der Waals surface area contributed by atoms with Crippen molar-refractivity contribution >= 4 is 23.1 Å². The first-order valence-electron chi connectivity index (χ1n) is 22.2. The molecule has 6 nitrogen and oxygen atoms in total. The fourth-order valence-corrected chi connectivity index (χ4v) is 9.51. The minimum atomic E-state index is -0.0482. The van der Waals surface area contributed by atoms with Gasteiger partial charge < -0.3 is 14.5 Å². The maximum Gasteiger partial charge on any atom is 0.310 e. The van der Waals surface area contributed by atoms with Crippen LogP contribution in [-0.4, -0.2) is 68.8 Å². The molecule has 0 spiro atoms. The first kappa shape index (κ1) is 41.3. The number of carbonyl (C=O) groups excluding carboxylic acids is 2. The lowest BCUT2D eigenvalue weighted by molar-refractivity contribution is -0.949. The topological polar surface area (TPSA) is 49.9 Å². The molecular formula is C47H74N3O3+. The average molecular weight is 729 g/mol. The Kier molecular flexibility index (Phi) is 17.1. The van der Waals surface area contributed by atoms with Gasteiger partial charge in [0, 0.05) is 57.4 Å². The van der Waals surface area contributed by atoms with Crippen molar-refractivity contribution in [3.05, 3.63) is 59.2 Å². The first-order chi connectivity index (χ1) is 25.9. The van der Waals surface area contributed by atoms with Crippen LogP contribution in [-0.2, 0) is 16.0 Å². The third-order valence-electron chi connectivity index (χ3n) is 12.9. The van der Waals surface area contributed by atoms with Crippen molar-refractivity contribution in [2.45, 2.75) is 167 Å². The Morgan fingerprint density at radius 1 is 0.736 bits per heavy atom. The van der Waals surface area contributed by atoms with Crippen molar-refractivity contribution in [3.63, 3.8) is 0 Å². The van der Waals surface area contributed by atoms with Gasteiger partial charge in [0.25, 0.3) is 0 Å². The maximum absolute atomic E-state index is 13.2. The van der Waals surface area contributed by atoms with Crippen LogP contribution in [0, 0.1) is 0 Å². The number of carbonyl (C=O) groups is 2. The van der Waals surface area contributed by atoms with Gasteiger partial charge in [-0.3, -0.25) is 14.1 Å². The Bertz CT molecular complexity index is 1390. The number of ether oxygens (including phenoxy) is 1. The van der Waals surface area contributed by atoms with Crippen LogP contribution in [0.3, 0.4) is 0 Å². The van der Waals surface area contributed by atoms with Crippen molar-refractivity contribution in [1.29, 1.82) is 0 Å². The molecule has 2 aromatic rings. The molecule has 0 saturated carbocycles. The molecule has 294 valence electrons. The van der Waals surface area contributed by atoms with Crippen molar-refractivity contribution in [2.75, 3.05) is 56.3 Å². The van der Waals surface area contributed by atoms with Gasteiger partial charge in [-0.2, -0.15) is 0 Å². The van der Waals surface area contributed by atoms with E-state index in [1.54, 1.807) is 0 Å². The van der Waals surface area contributed by atoms with Crippen LogP contribution in [0.1, 0.15) is 176 Å². The lowest BCUT2D eigenvalue weighted by atomic mass is 9.87. The van der Waals surface area contributed by atoms with Gasteiger partial charge in [0.2, 0.25) is 6.73 Å². The van der Waals surface area contributed by atoms with Gasteiger partial charge in [0.15, 0.2) is 5.78 Å². The van der Waals surface area contributed by atoms with Crippen molar-refractivity contribution < 1.29 is 18.8 Å². The highest BCUT2D eigenvalue weighted by atomic mass is 16.5. The molecule has 0 radical (unpaired) electrons. The summed E-state index contributed by atoms with van der Waals surface area (Å²) in [7, 11) is 2.21. The normalized spacial score (nSPS) is 20.4. The number of fused-ring (bicyclic) bond motifs is 3. The molecule has 1 fully saturated rings. The minimum Gasteiger partial charge on any atom is -0.415 e. The zero-order valence-electron chi connectivity index (χ0n) is 34.1. The van der Waals surface area contributed by atoms with Crippen LogP contribution < -0.4 is 9.80 Å². The van der Waals surface area contributed by atoms with Crippen molar-refractivity contribution in [2.24, 2.45) is 0 Å². The molecule has 3 heterocycles.